The number of halogens is 1. The van der Waals surface area contributed by atoms with Gasteiger partial charge in [-0.1, -0.05) is 31.2 Å². The molecule has 0 unspecified atom stereocenters. The molecule has 7 heteroatoms. The van der Waals surface area contributed by atoms with Gasteiger partial charge in [0.25, 0.3) is 0 Å². The molecule has 0 spiro atoms. The van der Waals surface area contributed by atoms with Crippen LogP contribution in [0.25, 0.3) is 16.8 Å². The van der Waals surface area contributed by atoms with Gasteiger partial charge < -0.3 is 9.84 Å². The summed E-state index contributed by atoms with van der Waals surface area (Å²) in [6, 6.07) is 9.66. The summed E-state index contributed by atoms with van der Waals surface area (Å²) in [5.41, 5.74) is 4.23. The molecule has 1 aromatic carbocycles. The number of aliphatic hydroxyl groups is 1. The molecule has 164 valence electrons. The molecular formula is C25H25FN4O2. The molecule has 4 aromatic rings. The van der Waals surface area contributed by atoms with E-state index >= 15 is 4.39 Å². The van der Waals surface area contributed by atoms with E-state index in [-0.39, 0.29) is 18.0 Å². The standard InChI is InChI=1S/C25H25FN4O2/c1-5-20-16-8-6-7-9-17(16)23(32-20)22-14(2)29-21-10-19(26)18(13-30(21)22)15-11-27-24(28-12-15)25(3,4)31/h6-13,20,23,31H,5H2,1-4H3/t20-,23+/m1/s1. The van der Waals surface area contributed by atoms with Crippen LogP contribution in [0.15, 0.2) is 48.9 Å². The molecule has 5 rings (SSSR count). The number of fused-ring (bicyclic) bond motifs is 2. The third-order valence-electron chi connectivity index (χ3n) is 5.99. The van der Waals surface area contributed by atoms with Crippen molar-refractivity contribution in [1.82, 2.24) is 19.4 Å². The summed E-state index contributed by atoms with van der Waals surface area (Å²) in [6.07, 6.45) is 5.40. The number of hydrogen-bond acceptors (Lipinski definition) is 5. The number of hydrogen-bond donors (Lipinski definition) is 1. The maximum absolute atomic E-state index is 15.0. The van der Waals surface area contributed by atoms with Gasteiger partial charge in [0.15, 0.2) is 5.82 Å². The second-order valence-electron chi connectivity index (χ2n) is 8.74. The van der Waals surface area contributed by atoms with E-state index in [4.69, 9.17) is 4.74 Å². The first kappa shape index (κ1) is 20.7. The molecule has 32 heavy (non-hydrogen) atoms. The zero-order valence-corrected chi connectivity index (χ0v) is 18.5. The van der Waals surface area contributed by atoms with Crippen LogP contribution >= 0.6 is 0 Å². The second kappa shape index (κ2) is 7.46. The van der Waals surface area contributed by atoms with Gasteiger partial charge >= 0.3 is 0 Å². The fourth-order valence-corrected chi connectivity index (χ4v) is 4.39. The molecule has 4 heterocycles. The fourth-order valence-electron chi connectivity index (χ4n) is 4.39. The highest BCUT2D eigenvalue weighted by Gasteiger charge is 2.34. The monoisotopic (exact) mass is 432 g/mol. The summed E-state index contributed by atoms with van der Waals surface area (Å²) in [4.78, 5) is 13.1. The van der Waals surface area contributed by atoms with Crippen molar-refractivity contribution >= 4 is 5.65 Å². The summed E-state index contributed by atoms with van der Waals surface area (Å²) >= 11 is 0. The quantitative estimate of drug-likeness (QED) is 0.489. The first-order valence-corrected chi connectivity index (χ1v) is 10.8. The minimum Gasteiger partial charge on any atom is -0.382 e. The van der Waals surface area contributed by atoms with Crippen LogP contribution < -0.4 is 0 Å². The Morgan fingerprint density at radius 2 is 1.84 bits per heavy atom. The van der Waals surface area contributed by atoms with Gasteiger partial charge in [0.2, 0.25) is 0 Å². The number of aryl methyl sites for hydroxylation is 1. The lowest BCUT2D eigenvalue weighted by molar-refractivity contribution is 0.0287. The predicted octanol–water partition coefficient (Wildman–Crippen LogP) is 5.04. The maximum atomic E-state index is 15.0. The lowest BCUT2D eigenvalue weighted by atomic mass is 9.99. The van der Waals surface area contributed by atoms with Crippen LogP contribution in [0.1, 0.15) is 67.7 Å². The highest BCUT2D eigenvalue weighted by Crippen LogP contribution is 2.45. The number of benzene rings is 1. The van der Waals surface area contributed by atoms with Gasteiger partial charge in [-0.15, -0.1) is 0 Å². The summed E-state index contributed by atoms with van der Waals surface area (Å²) < 4.78 is 23.4. The predicted molar refractivity (Wildman–Crippen MR) is 119 cm³/mol. The molecule has 6 nitrogen and oxygen atoms in total. The van der Waals surface area contributed by atoms with Crippen LogP contribution in [-0.2, 0) is 10.3 Å². The molecule has 1 aliphatic rings. The van der Waals surface area contributed by atoms with E-state index in [0.717, 1.165) is 23.4 Å². The summed E-state index contributed by atoms with van der Waals surface area (Å²) in [5.74, 6) is -0.128. The Hall–Kier alpha value is -3.16. The average molecular weight is 432 g/mol. The van der Waals surface area contributed by atoms with Crippen LogP contribution in [0.2, 0.25) is 0 Å². The second-order valence-corrected chi connectivity index (χ2v) is 8.74. The normalized spacial score (nSPS) is 18.3. The summed E-state index contributed by atoms with van der Waals surface area (Å²) in [6.45, 7) is 7.25. The number of pyridine rings is 1. The van der Waals surface area contributed by atoms with Crippen molar-refractivity contribution in [2.45, 2.75) is 51.9 Å². The maximum Gasteiger partial charge on any atom is 0.159 e. The topological polar surface area (TPSA) is 72.5 Å². The molecule has 1 N–H and O–H groups in total. The minimum atomic E-state index is -1.17. The van der Waals surface area contributed by atoms with Gasteiger partial charge in [-0.3, -0.25) is 4.40 Å². The molecule has 0 saturated heterocycles. The minimum absolute atomic E-state index is 0.0175. The highest BCUT2D eigenvalue weighted by molar-refractivity contribution is 5.65. The van der Waals surface area contributed by atoms with Crippen molar-refractivity contribution in [2.24, 2.45) is 0 Å². The van der Waals surface area contributed by atoms with Crippen molar-refractivity contribution in [2.75, 3.05) is 0 Å². The average Bonchev–Trinajstić information content (AvgIpc) is 3.28. The molecule has 1 aliphatic heterocycles. The van der Waals surface area contributed by atoms with Crippen LogP contribution in [0.3, 0.4) is 0 Å². The number of rotatable bonds is 4. The lowest BCUT2D eigenvalue weighted by Crippen LogP contribution is -2.19. The van der Waals surface area contributed by atoms with Crippen LogP contribution in [0, 0.1) is 12.7 Å². The molecule has 0 fully saturated rings. The number of imidazole rings is 1. The Labute approximate surface area is 185 Å². The van der Waals surface area contributed by atoms with Gasteiger partial charge in [0, 0.05) is 35.8 Å². The molecule has 0 bridgehead atoms. The smallest absolute Gasteiger partial charge is 0.159 e. The highest BCUT2D eigenvalue weighted by atomic mass is 19.1. The fraction of sp³-hybridized carbons (Fsp3) is 0.320. The van der Waals surface area contributed by atoms with Gasteiger partial charge in [0.05, 0.1) is 17.5 Å². The first-order valence-electron chi connectivity index (χ1n) is 10.8. The Balaban J connectivity index is 1.64. The van der Waals surface area contributed by atoms with Crippen LogP contribution in [0.5, 0.6) is 0 Å². The van der Waals surface area contributed by atoms with Crippen molar-refractivity contribution in [1.29, 1.82) is 0 Å². The molecular weight excluding hydrogens is 407 g/mol. The number of ether oxygens (including phenoxy) is 1. The number of nitrogens with zero attached hydrogens (tertiary/aromatic N) is 4. The van der Waals surface area contributed by atoms with E-state index in [0.29, 0.717) is 16.8 Å². The Morgan fingerprint density at radius 3 is 2.50 bits per heavy atom. The number of aromatic nitrogens is 4. The Morgan fingerprint density at radius 1 is 1.16 bits per heavy atom. The Bertz CT molecular complexity index is 1310. The zero-order chi connectivity index (χ0) is 22.6. The van der Waals surface area contributed by atoms with E-state index in [1.54, 1.807) is 20.0 Å². The van der Waals surface area contributed by atoms with Gasteiger partial charge in [0.1, 0.15) is 23.2 Å². The molecule has 0 amide bonds. The van der Waals surface area contributed by atoms with E-state index < -0.39 is 11.4 Å². The third-order valence-corrected chi connectivity index (χ3v) is 5.99. The molecule has 0 saturated carbocycles. The third kappa shape index (κ3) is 3.29. The lowest BCUT2D eigenvalue weighted by Gasteiger charge is -2.16. The SMILES string of the molecule is CC[C@H]1O[C@H](c2c(C)nc3cc(F)c(-c4cnc(C(C)(C)O)nc4)cn23)c2ccccc21. The van der Waals surface area contributed by atoms with Crippen LogP contribution in [-0.4, -0.2) is 24.5 Å². The van der Waals surface area contributed by atoms with Crippen molar-refractivity contribution in [3.05, 3.63) is 83.1 Å². The molecule has 0 radical (unpaired) electrons. The van der Waals surface area contributed by atoms with E-state index in [2.05, 4.69) is 34.0 Å². The van der Waals surface area contributed by atoms with Gasteiger partial charge in [-0.05, 0) is 38.3 Å². The zero-order valence-electron chi connectivity index (χ0n) is 18.5. The van der Waals surface area contributed by atoms with Crippen molar-refractivity contribution < 1.29 is 14.2 Å². The van der Waals surface area contributed by atoms with Crippen molar-refractivity contribution in [3.63, 3.8) is 0 Å². The Kier molecular flexibility index (Phi) is 4.83. The van der Waals surface area contributed by atoms with Crippen molar-refractivity contribution in [3.8, 4) is 11.1 Å². The van der Waals surface area contributed by atoms with Gasteiger partial charge in [-0.25, -0.2) is 19.3 Å². The van der Waals surface area contributed by atoms with E-state index in [1.807, 2.05) is 23.5 Å². The molecule has 0 aliphatic carbocycles. The summed E-state index contributed by atoms with van der Waals surface area (Å²) in [5, 5.41) is 10.1. The van der Waals surface area contributed by atoms with E-state index in [1.165, 1.54) is 24.0 Å². The van der Waals surface area contributed by atoms with E-state index in [9.17, 15) is 5.11 Å². The van der Waals surface area contributed by atoms with Gasteiger partial charge in [-0.2, -0.15) is 0 Å². The molecule has 2 atom stereocenters. The molecule has 3 aromatic heterocycles. The summed E-state index contributed by atoms with van der Waals surface area (Å²) in [7, 11) is 0. The van der Waals surface area contributed by atoms with Crippen LogP contribution in [0.4, 0.5) is 4.39 Å². The largest absolute Gasteiger partial charge is 0.382 e. The first-order chi connectivity index (χ1) is 15.3.